The number of rotatable bonds is 4. The quantitative estimate of drug-likeness (QED) is 0.632. The van der Waals surface area contributed by atoms with Crippen molar-refractivity contribution in [2.75, 3.05) is 31.9 Å². The van der Waals surface area contributed by atoms with Crippen molar-refractivity contribution in [3.8, 4) is 22.4 Å². The molecule has 2 fully saturated rings. The van der Waals surface area contributed by atoms with Gasteiger partial charge >= 0.3 is 0 Å². The van der Waals surface area contributed by atoms with Crippen LogP contribution in [0.2, 0.25) is 5.02 Å². The Bertz CT molecular complexity index is 1180. The van der Waals surface area contributed by atoms with Gasteiger partial charge in [0.15, 0.2) is 0 Å². The SMILES string of the molecule is CCc1ncnc(-c2ccc(C(=O)N3CCN4CCC[C@@H]4C3)c(Cl)c2)c1-c1ccc(N)nc1. The predicted molar refractivity (Wildman–Crippen MR) is 130 cm³/mol. The Balaban J connectivity index is 1.47. The molecule has 0 saturated carbocycles. The molecule has 0 radical (unpaired) electrons. The van der Waals surface area contributed by atoms with E-state index >= 15 is 0 Å². The zero-order valence-corrected chi connectivity index (χ0v) is 19.4. The summed E-state index contributed by atoms with van der Waals surface area (Å²) in [7, 11) is 0. The Morgan fingerprint density at radius 2 is 1.97 bits per heavy atom. The number of aromatic nitrogens is 3. The second-order valence-corrected chi connectivity index (χ2v) is 9.05. The number of hydrogen-bond acceptors (Lipinski definition) is 6. The van der Waals surface area contributed by atoms with Gasteiger partial charge in [0.1, 0.15) is 12.1 Å². The lowest BCUT2D eigenvalue weighted by atomic mass is 9.97. The summed E-state index contributed by atoms with van der Waals surface area (Å²) in [5, 5.41) is 0.435. The Labute approximate surface area is 198 Å². The molecule has 170 valence electrons. The lowest BCUT2D eigenvalue weighted by Gasteiger charge is -2.37. The summed E-state index contributed by atoms with van der Waals surface area (Å²) in [5.74, 6) is 0.456. The Hall–Kier alpha value is -3.03. The van der Waals surface area contributed by atoms with Crippen LogP contribution in [0.3, 0.4) is 0 Å². The first-order valence-corrected chi connectivity index (χ1v) is 11.8. The average Bonchev–Trinajstić information content (AvgIpc) is 3.31. The van der Waals surface area contributed by atoms with Gasteiger partial charge in [0.2, 0.25) is 0 Å². The molecule has 2 aliphatic heterocycles. The Morgan fingerprint density at radius 1 is 1.12 bits per heavy atom. The van der Waals surface area contributed by atoms with Gasteiger partial charge in [-0.05, 0) is 50.1 Å². The van der Waals surface area contributed by atoms with Crippen LogP contribution in [-0.4, -0.2) is 62.9 Å². The van der Waals surface area contributed by atoms with Crippen LogP contribution in [0.25, 0.3) is 22.4 Å². The summed E-state index contributed by atoms with van der Waals surface area (Å²) in [4.78, 5) is 31.0. The fourth-order valence-electron chi connectivity index (χ4n) is 4.95. The predicted octanol–water partition coefficient (Wildman–Crippen LogP) is 3.92. The summed E-state index contributed by atoms with van der Waals surface area (Å²) in [6.45, 7) is 5.65. The molecule has 2 aliphatic rings. The first-order chi connectivity index (χ1) is 16.0. The number of nitrogen functional groups attached to an aromatic ring is 1. The average molecular weight is 463 g/mol. The van der Waals surface area contributed by atoms with E-state index in [0.29, 0.717) is 22.4 Å². The largest absolute Gasteiger partial charge is 0.384 e. The minimum atomic E-state index is -0.00186. The minimum absolute atomic E-state index is 0.00186. The molecule has 7 nitrogen and oxygen atoms in total. The molecular formula is C25H27ClN6O. The molecule has 1 aromatic carbocycles. The molecule has 0 unspecified atom stereocenters. The van der Waals surface area contributed by atoms with Gasteiger partial charge < -0.3 is 10.6 Å². The van der Waals surface area contributed by atoms with Gasteiger partial charge in [0.25, 0.3) is 5.91 Å². The minimum Gasteiger partial charge on any atom is -0.384 e. The normalized spacial score (nSPS) is 18.4. The van der Waals surface area contributed by atoms with Crippen molar-refractivity contribution in [2.24, 2.45) is 0 Å². The zero-order valence-electron chi connectivity index (χ0n) is 18.7. The fourth-order valence-corrected chi connectivity index (χ4v) is 5.21. The van der Waals surface area contributed by atoms with Crippen LogP contribution < -0.4 is 5.73 Å². The number of anilines is 1. The second kappa shape index (κ2) is 9.08. The number of hydrogen-bond donors (Lipinski definition) is 1. The van der Waals surface area contributed by atoms with Gasteiger partial charge in [-0.1, -0.05) is 24.6 Å². The third-order valence-electron chi connectivity index (χ3n) is 6.68. The standard InChI is InChI=1S/C25H27ClN6O/c1-2-21-23(17-6-8-22(27)28-13-17)24(30-15-29-21)16-5-7-19(20(26)12-16)25(33)32-11-10-31-9-3-4-18(31)14-32/h5-8,12-13,15,18H,2-4,9-11,14H2,1H3,(H2,27,28)/t18-/m1/s1. The van der Waals surface area contributed by atoms with Crippen molar-refractivity contribution in [3.63, 3.8) is 0 Å². The highest BCUT2D eigenvalue weighted by molar-refractivity contribution is 6.34. The van der Waals surface area contributed by atoms with Gasteiger partial charge in [-0.3, -0.25) is 9.69 Å². The van der Waals surface area contributed by atoms with E-state index in [-0.39, 0.29) is 5.91 Å². The first kappa shape index (κ1) is 21.8. The molecular weight excluding hydrogens is 436 g/mol. The molecule has 2 aromatic heterocycles. The summed E-state index contributed by atoms with van der Waals surface area (Å²) in [5.41, 5.74) is 10.6. The highest BCUT2D eigenvalue weighted by atomic mass is 35.5. The molecule has 33 heavy (non-hydrogen) atoms. The van der Waals surface area contributed by atoms with Crippen molar-refractivity contribution in [2.45, 2.75) is 32.2 Å². The molecule has 4 heterocycles. The smallest absolute Gasteiger partial charge is 0.255 e. The molecule has 0 bridgehead atoms. The molecule has 1 atom stereocenters. The van der Waals surface area contributed by atoms with Gasteiger partial charge in [-0.2, -0.15) is 0 Å². The number of piperazine rings is 1. The number of carbonyl (C=O) groups is 1. The molecule has 1 amide bonds. The number of benzene rings is 1. The maximum atomic E-state index is 13.3. The van der Waals surface area contributed by atoms with Crippen molar-refractivity contribution in [3.05, 3.63) is 59.1 Å². The molecule has 3 aromatic rings. The maximum Gasteiger partial charge on any atom is 0.255 e. The van der Waals surface area contributed by atoms with Crippen LogP contribution in [0.4, 0.5) is 5.82 Å². The van der Waals surface area contributed by atoms with E-state index in [4.69, 9.17) is 17.3 Å². The number of nitrogens with zero attached hydrogens (tertiary/aromatic N) is 5. The highest BCUT2D eigenvalue weighted by Gasteiger charge is 2.33. The summed E-state index contributed by atoms with van der Waals surface area (Å²) < 4.78 is 0. The van der Waals surface area contributed by atoms with Crippen molar-refractivity contribution in [1.82, 2.24) is 24.8 Å². The highest BCUT2D eigenvalue weighted by Crippen LogP contribution is 2.35. The molecule has 5 rings (SSSR count). The number of pyridine rings is 1. The number of amides is 1. The van der Waals surface area contributed by atoms with E-state index in [1.165, 1.54) is 6.42 Å². The van der Waals surface area contributed by atoms with Crippen molar-refractivity contribution in [1.29, 1.82) is 0 Å². The van der Waals surface area contributed by atoms with Crippen LogP contribution in [0, 0.1) is 0 Å². The lowest BCUT2D eigenvalue weighted by molar-refractivity contribution is 0.0571. The van der Waals surface area contributed by atoms with E-state index in [0.717, 1.165) is 67.1 Å². The maximum absolute atomic E-state index is 13.3. The number of carbonyl (C=O) groups excluding carboxylic acids is 1. The van der Waals surface area contributed by atoms with Crippen molar-refractivity contribution < 1.29 is 4.79 Å². The van der Waals surface area contributed by atoms with Crippen LogP contribution in [0.1, 0.15) is 35.8 Å². The zero-order chi connectivity index (χ0) is 22.9. The van der Waals surface area contributed by atoms with Crippen LogP contribution >= 0.6 is 11.6 Å². The summed E-state index contributed by atoms with van der Waals surface area (Å²) in [6.07, 6.45) is 6.42. The molecule has 8 heteroatoms. The Kier molecular flexibility index (Phi) is 6.00. The fraction of sp³-hybridized carbons (Fsp3) is 0.360. The lowest BCUT2D eigenvalue weighted by Crippen LogP contribution is -2.52. The summed E-state index contributed by atoms with van der Waals surface area (Å²) in [6, 6.07) is 9.73. The third-order valence-corrected chi connectivity index (χ3v) is 7.00. The van der Waals surface area contributed by atoms with E-state index in [1.807, 2.05) is 29.2 Å². The number of nitrogens with two attached hydrogens (primary N) is 1. The van der Waals surface area contributed by atoms with Gasteiger partial charge in [-0.25, -0.2) is 15.0 Å². The second-order valence-electron chi connectivity index (χ2n) is 8.65. The molecule has 2 N–H and O–H groups in total. The third kappa shape index (κ3) is 4.18. The van der Waals surface area contributed by atoms with Gasteiger partial charge in [-0.15, -0.1) is 0 Å². The molecule has 2 saturated heterocycles. The molecule has 0 spiro atoms. The van der Waals surface area contributed by atoms with E-state index in [2.05, 4.69) is 26.8 Å². The number of fused-ring (bicyclic) bond motifs is 1. The topological polar surface area (TPSA) is 88.2 Å². The number of halogens is 1. The monoisotopic (exact) mass is 462 g/mol. The molecule has 0 aliphatic carbocycles. The van der Waals surface area contributed by atoms with E-state index in [9.17, 15) is 4.79 Å². The van der Waals surface area contributed by atoms with E-state index < -0.39 is 0 Å². The van der Waals surface area contributed by atoms with Crippen LogP contribution in [0.5, 0.6) is 0 Å². The van der Waals surface area contributed by atoms with Gasteiger partial charge in [0, 0.05) is 48.6 Å². The van der Waals surface area contributed by atoms with Crippen LogP contribution in [0.15, 0.2) is 42.9 Å². The van der Waals surface area contributed by atoms with E-state index in [1.54, 1.807) is 18.6 Å². The summed E-state index contributed by atoms with van der Waals surface area (Å²) >= 11 is 6.67. The Morgan fingerprint density at radius 3 is 2.73 bits per heavy atom. The van der Waals surface area contributed by atoms with Crippen LogP contribution in [-0.2, 0) is 6.42 Å². The van der Waals surface area contributed by atoms with Gasteiger partial charge in [0.05, 0.1) is 22.0 Å². The number of aryl methyl sites for hydroxylation is 1. The van der Waals surface area contributed by atoms with Crippen molar-refractivity contribution >= 4 is 23.3 Å². The first-order valence-electron chi connectivity index (χ1n) is 11.4.